The van der Waals surface area contributed by atoms with E-state index in [0.29, 0.717) is 0 Å². The predicted molar refractivity (Wildman–Crippen MR) is 629 cm³/mol. The topological polar surface area (TPSA) is 69.0 Å². The molecule has 10 aromatic heterocycles. The lowest BCUT2D eigenvalue weighted by Crippen LogP contribution is -2.61. The van der Waals surface area contributed by atoms with Crippen molar-refractivity contribution in [2.24, 2.45) is 0 Å². The van der Waals surface area contributed by atoms with E-state index in [9.17, 15) is 0 Å². The number of fused-ring (bicyclic) bond motifs is 47. The van der Waals surface area contributed by atoms with Gasteiger partial charge in [0.1, 0.15) is 11.2 Å². The molecule has 18 heterocycles. The first-order valence-corrected chi connectivity index (χ1v) is 52.6. The van der Waals surface area contributed by atoms with Gasteiger partial charge in [-0.2, -0.15) is 0 Å². The Morgan fingerprint density at radius 2 is 0.573 bits per heavy atom. The van der Waals surface area contributed by atoms with Crippen molar-refractivity contribution in [2.75, 3.05) is 4.90 Å². The van der Waals surface area contributed by atoms with Crippen molar-refractivity contribution in [2.45, 2.75) is 33.1 Å². The Balaban J connectivity index is 0.0000000825. The van der Waals surface area contributed by atoms with Gasteiger partial charge in [-0.25, -0.2) is 0 Å². The van der Waals surface area contributed by atoms with Gasteiger partial charge >= 0.3 is 0 Å². The van der Waals surface area contributed by atoms with Crippen molar-refractivity contribution in [1.82, 2.24) is 36.5 Å². The number of anilines is 3. The first kappa shape index (κ1) is 80.5. The molecule has 0 saturated heterocycles. The van der Waals surface area contributed by atoms with Crippen LogP contribution < -0.4 is 65.5 Å². The molecular weight excluding hydrogens is 1820 g/mol. The summed E-state index contributed by atoms with van der Waals surface area (Å²) in [6.07, 6.45) is 0. The molecule has 8 aliphatic heterocycles. The van der Waals surface area contributed by atoms with E-state index in [1.807, 2.05) is 0 Å². The van der Waals surface area contributed by atoms with E-state index >= 15 is 0 Å². The van der Waals surface area contributed by atoms with Gasteiger partial charge < -0.3 is 50.3 Å². The minimum absolute atomic E-state index is 0.0448. The summed E-state index contributed by atoms with van der Waals surface area (Å²) in [5.41, 5.74) is 55.1. The molecule has 0 fully saturated rings. The van der Waals surface area contributed by atoms with Crippen LogP contribution in [0.5, 0.6) is 0 Å². The summed E-state index contributed by atoms with van der Waals surface area (Å²) in [5.74, 6) is 0. The summed E-state index contributed by atoms with van der Waals surface area (Å²) in [5, 5.41) is 20.9. The maximum atomic E-state index is 6.78. The van der Waals surface area contributed by atoms with E-state index in [2.05, 4.69) is 500 Å². The zero-order valence-electron chi connectivity index (χ0n) is 82.1. The van der Waals surface area contributed by atoms with Crippen LogP contribution in [0.4, 0.5) is 17.1 Å². The van der Waals surface area contributed by atoms with E-state index < -0.39 is 0 Å². The van der Waals surface area contributed by atoms with Crippen LogP contribution in [0.1, 0.15) is 36.2 Å². The molecule has 1 aliphatic carbocycles. The Morgan fingerprint density at radius 1 is 0.227 bits per heavy atom. The molecule has 39 rings (SSSR count). The first-order valence-electron chi connectivity index (χ1n) is 52.6. The Kier molecular flexibility index (Phi) is 15.3. The van der Waals surface area contributed by atoms with Gasteiger partial charge in [-0.3, -0.25) is 0 Å². The summed E-state index contributed by atoms with van der Waals surface area (Å²) in [4.78, 5) is 2.40. The van der Waals surface area contributed by atoms with Gasteiger partial charge in [-0.15, -0.1) is 0 Å². The van der Waals surface area contributed by atoms with Gasteiger partial charge in [-0.1, -0.05) is 311 Å². The first-order chi connectivity index (χ1) is 74.2. The molecular formula is C135H83B4N9O2. The molecule has 20 aromatic carbocycles. The van der Waals surface area contributed by atoms with Gasteiger partial charge in [0, 0.05) is 159 Å². The second-order valence-electron chi connectivity index (χ2n) is 42.9. The lowest BCUT2D eigenvalue weighted by atomic mass is 9.31. The molecule has 0 radical (unpaired) electrons. The number of allylic oxidation sites excluding steroid dienone is 1. The van der Waals surface area contributed by atoms with Crippen molar-refractivity contribution in [3.63, 3.8) is 0 Å². The number of furan rings is 2. The maximum Gasteiger partial charge on any atom is 0.297 e. The predicted octanol–water partition coefficient (Wildman–Crippen LogP) is 25.3. The van der Waals surface area contributed by atoms with Crippen LogP contribution in [0.15, 0.2) is 445 Å². The standard InChI is InChI=1S/C38H22BN3.C35H23BN2.C32H17BN2O.C30H21BN2O/c1-2-12-23(13-3-1)40-32-20-10-6-16-26(32)37-38(40)39-29-17-7-11-21-33(29)41-30-18-8-4-14-24(30)27-22-28-25-15-5-9-19-31(25)42(37)36(28)34(39)35(27)41;1-35(2)25-14-6-3-13-22(25)33-34(35)36-26-15-7-10-18-29(26)37-27-16-8-4-11-20(27)23-19-24-21-12-5-9-17-28(21)38(33)32(24)30(36)31(23)37;1-5-13-24-18(9-1)21-17-22-19-10-2-6-14-25(19)35-30(22)28-29(21)34(24)26-15-7-4-12-23(26)33(28)32-31(35)20-11-3-8-16-27(20)36-32;1-18-19(2)32-24-15-9-16-25-27(24)31(23-14-8-13-21(18)28(23)32)30-29(22-12-6-7-17-26(22)34-30)33(25)20-10-4-3-5-11-20/h1-22H;3-19H,1-2H3;1-17H;3-17H,1-2H3. The van der Waals surface area contributed by atoms with Gasteiger partial charge in [0.2, 0.25) is 6.71 Å². The number of benzene rings is 20. The molecule has 0 N–H and O–H groups in total. The van der Waals surface area contributed by atoms with Crippen molar-refractivity contribution in [3.8, 4) is 39.8 Å². The third-order valence-electron chi connectivity index (χ3n) is 35.8. The van der Waals surface area contributed by atoms with Gasteiger partial charge in [0.25, 0.3) is 20.1 Å². The molecule has 15 heteroatoms. The van der Waals surface area contributed by atoms with E-state index in [4.69, 9.17) is 8.83 Å². The number of rotatable bonds is 2. The Labute approximate surface area is 860 Å². The highest BCUT2D eigenvalue weighted by molar-refractivity contribution is 7.02. The smallest absolute Gasteiger partial charge is 0.297 e. The number of para-hydroxylation sites is 15. The van der Waals surface area contributed by atoms with Crippen LogP contribution >= 0.6 is 0 Å². The fraction of sp³-hybridized carbons (Fsp3) is 0.0370. The molecule has 9 aliphatic rings. The highest BCUT2D eigenvalue weighted by Gasteiger charge is 2.54. The van der Waals surface area contributed by atoms with Crippen LogP contribution in [0.25, 0.3) is 220 Å². The third-order valence-corrected chi connectivity index (χ3v) is 35.8. The highest BCUT2D eigenvalue weighted by atomic mass is 16.3. The van der Waals surface area contributed by atoms with Crippen molar-refractivity contribution in [1.29, 1.82) is 0 Å². The van der Waals surface area contributed by atoms with E-state index in [1.54, 1.807) is 0 Å². The summed E-state index contributed by atoms with van der Waals surface area (Å²) >= 11 is 0. The largest absolute Gasteiger partial charge is 0.468 e. The molecule has 0 amide bonds. The van der Waals surface area contributed by atoms with E-state index in [-0.39, 0.29) is 32.3 Å². The minimum atomic E-state index is -0.0879. The fourth-order valence-electron chi connectivity index (χ4n) is 30.1. The molecule has 150 heavy (non-hydrogen) atoms. The molecule has 11 nitrogen and oxygen atoms in total. The van der Waals surface area contributed by atoms with Crippen LogP contribution in [0.2, 0.25) is 0 Å². The van der Waals surface area contributed by atoms with E-state index in [0.717, 1.165) is 39.2 Å². The fourth-order valence-corrected chi connectivity index (χ4v) is 30.1. The Hall–Kier alpha value is -18.8. The summed E-state index contributed by atoms with van der Waals surface area (Å²) in [6, 6.07) is 158. The Morgan fingerprint density at radius 3 is 1.11 bits per heavy atom. The second-order valence-corrected chi connectivity index (χ2v) is 42.9. The number of nitrogens with zero attached hydrogens (tertiary/aromatic N) is 9. The van der Waals surface area contributed by atoms with E-state index in [1.165, 1.54) is 286 Å². The quantitative estimate of drug-likeness (QED) is 0.162. The normalized spacial score (nSPS) is 14.1. The lowest BCUT2D eigenvalue weighted by Gasteiger charge is -2.38. The number of hydrogen-bond acceptors (Lipinski definition) is 3. The van der Waals surface area contributed by atoms with Gasteiger partial charge in [-0.05, 0) is 208 Å². The van der Waals surface area contributed by atoms with Crippen LogP contribution in [-0.4, -0.2) is 63.4 Å². The summed E-state index contributed by atoms with van der Waals surface area (Å²) in [6.45, 7) is 9.76. The highest BCUT2D eigenvalue weighted by Crippen LogP contribution is 2.56. The maximum absolute atomic E-state index is 6.78. The zero-order valence-corrected chi connectivity index (χ0v) is 82.1. The Bertz CT molecular complexity index is 11500. The molecule has 0 bridgehead atoms. The average Bonchev–Trinajstić information content (AvgIpc) is 1.50. The molecule has 0 saturated carbocycles. The van der Waals surface area contributed by atoms with Gasteiger partial charge in [0.05, 0.1) is 100 Å². The van der Waals surface area contributed by atoms with Crippen molar-refractivity contribution < 1.29 is 8.83 Å². The monoisotopic (exact) mass is 1910 g/mol. The summed E-state index contributed by atoms with van der Waals surface area (Å²) in [7, 11) is 0. The SMILES string of the molecule is CC1(C)C2=C(c3ccccc31)n1c3ccccc3c3cc4c5ccccc5n5c4c(c31)B2c1ccccc1-5.Cc1c(C)n2c3c(cccc13)B1c3oc4ccccc4c3N(c3ccccc3)c3cccc-2c31.c1ccc(-n2c3c(c4ccccc42)-n2c4ccccc4c4cc5c6ccccc6n6c5c(c42)B3c2ccccc2-6)cc1.c1ccc2c(c1)B1c3oc4ccccc4c3-n3c4ccccc4c4cc5c6ccccc6n-2c5c1c43. The molecule has 0 atom stereocenters. The van der Waals surface area contributed by atoms with Crippen LogP contribution in [0.3, 0.4) is 0 Å². The van der Waals surface area contributed by atoms with Crippen molar-refractivity contribution >= 4 is 285 Å². The zero-order chi connectivity index (χ0) is 97.7. The number of hydrogen-bond donors (Lipinski definition) is 0. The second kappa shape index (κ2) is 28.5. The number of aromatic nitrogens is 8. The molecule has 0 spiro atoms. The third kappa shape index (κ3) is 9.68. The van der Waals surface area contributed by atoms with Crippen LogP contribution in [0, 0.1) is 13.8 Å². The lowest BCUT2D eigenvalue weighted by molar-refractivity contribution is 0.649. The minimum Gasteiger partial charge on any atom is -0.468 e. The van der Waals surface area contributed by atoms with Crippen LogP contribution in [-0.2, 0) is 5.41 Å². The molecule has 692 valence electrons. The number of aryl methyl sites for hydroxylation is 1. The molecule has 0 unspecified atom stereocenters. The van der Waals surface area contributed by atoms with Gasteiger partial charge in [0.15, 0.2) is 0 Å². The average molecular weight is 1910 g/mol. The summed E-state index contributed by atoms with van der Waals surface area (Å²) < 4.78 is 33.8. The van der Waals surface area contributed by atoms with Crippen molar-refractivity contribution in [3.05, 3.63) is 459 Å². The molecule has 30 aromatic rings.